The van der Waals surface area contributed by atoms with E-state index >= 15 is 0 Å². The minimum Gasteiger partial charge on any atom is -0.370 e. The molecule has 0 bridgehead atoms. The van der Waals surface area contributed by atoms with Gasteiger partial charge in [-0.25, -0.2) is 14.4 Å². The summed E-state index contributed by atoms with van der Waals surface area (Å²) in [5.41, 5.74) is 8.01. The molecule has 7 heteroatoms. The van der Waals surface area contributed by atoms with Crippen LogP contribution in [-0.2, 0) is 0 Å². The highest BCUT2D eigenvalue weighted by Crippen LogP contribution is 2.22. The monoisotopic (exact) mass is 365 g/mol. The largest absolute Gasteiger partial charge is 0.370 e. The maximum Gasteiger partial charge on any atom is 0.202 e. The van der Waals surface area contributed by atoms with Crippen LogP contribution in [0.2, 0.25) is 0 Å². The minimum atomic E-state index is -0.414. The van der Waals surface area contributed by atoms with Crippen LogP contribution in [0.25, 0.3) is 6.08 Å². The lowest BCUT2D eigenvalue weighted by molar-refractivity contribution is 0.104. The molecule has 3 rings (SSSR count). The fourth-order valence-corrected chi connectivity index (χ4v) is 2.49. The van der Waals surface area contributed by atoms with E-state index in [9.17, 15) is 9.18 Å². The number of benzene rings is 2. The van der Waals surface area contributed by atoms with Crippen molar-refractivity contribution in [1.29, 1.82) is 0 Å². The van der Waals surface area contributed by atoms with Gasteiger partial charge in [0.1, 0.15) is 5.82 Å². The Labute approximate surface area is 156 Å². The lowest BCUT2D eigenvalue weighted by atomic mass is 10.1. The highest BCUT2D eigenvalue weighted by atomic mass is 19.1. The van der Waals surface area contributed by atoms with Gasteiger partial charge < -0.3 is 10.6 Å². The number of halogens is 1. The minimum absolute atomic E-state index is 0.185. The zero-order valence-electron chi connectivity index (χ0n) is 15.1. The number of nitrogens with zero attached hydrogens (tertiary/aromatic N) is 3. The lowest BCUT2D eigenvalue weighted by Gasteiger charge is -2.23. The van der Waals surface area contributed by atoms with Crippen molar-refractivity contribution in [2.24, 2.45) is 15.7 Å². The molecule has 0 aliphatic carbocycles. The molecule has 0 aromatic heterocycles. The lowest BCUT2D eigenvalue weighted by Crippen LogP contribution is -2.46. The molecule has 2 aromatic rings. The van der Waals surface area contributed by atoms with Crippen molar-refractivity contribution < 1.29 is 9.18 Å². The van der Waals surface area contributed by atoms with E-state index in [1.807, 2.05) is 43.3 Å². The molecule has 3 N–H and O–H groups in total. The Balaban J connectivity index is 1.72. The summed E-state index contributed by atoms with van der Waals surface area (Å²) in [4.78, 5) is 22.8. The Morgan fingerprint density at radius 1 is 1.11 bits per heavy atom. The summed E-state index contributed by atoms with van der Waals surface area (Å²) in [7, 11) is 3.74. The molecule has 2 aromatic carbocycles. The third kappa shape index (κ3) is 4.58. The summed E-state index contributed by atoms with van der Waals surface area (Å²) in [6.45, 7) is 0. The number of allylic oxidation sites excluding steroid dienone is 1. The average Bonchev–Trinajstić information content (AvgIpc) is 2.66. The Hall–Kier alpha value is -3.48. The van der Waals surface area contributed by atoms with E-state index in [0.29, 0.717) is 17.5 Å². The second-order valence-electron chi connectivity index (χ2n) is 6.23. The molecule has 0 spiro atoms. The normalized spacial score (nSPS) is 16.5. The number of rotatable bonds is 4. The Bertz CT molecular complexity index is 914. The van der Waals surface area contributed by atoms with Gasteiger partial charge in [-0.1, -0.05) is 30.3 Å². The third-order valence-electron chi connectivity index (χ3n) is 3.96. The van der Waals surface area contributed by atoms with Crippen molar-refractivity contribution >= 4 is 23.8 Å². The Morgan fingerprint density at radius 2 is 1.78 bits per heavy atom. The molecule has 0 saturated carbocycles. The zero-order valence-corrected chi connectivity index (χ0v) is 15.1. The second-order valence-corrected chi connectivity index (χ2v) is 6.23. The van der Waals surface area contributed by atoms with Crippen molar-refractivity contribution in [3.63, 3.8) is 0 Å². The summed E-state index contributed by atoms with van der Waals surface area (Å²) < 4.78 is 12.9. The third-order valence-corrected chi connectivity index (χ3v) is 3.96. The SMILES string of the molecule is CN(C)C1=NC(c2ccc(/C=C/C(=O)c3ccc(F)cc3)cc2)N=C(N)N1. The number of carbonyl (C=O) groups excluding carboxylic acids is 1. The van der Waals surface area contributed by atoms with E-state index in [1.54, 1.807) is 6.08 Å². The fourth-order valence-electron chi connectivity index (χ4n) is 2.49. The molecule has 27 heavy (non-hydrogen) atoms. The topological polar surface area (TPSA) is 83.1 Å². The molecule has 0 radical (unpaired) electrons. The first kappa shape index (κ1) is 18.3. The summed E-state index contributed by atoms with van der Waals surface area (Å²) >= 11 is 0. The van der Waals surface area contributed by atoms with Gasteiger partial charge in [-0.2, -0.15) is 0 Å². The number of hydrogen-bond acceptors (Lipinski definition) is 6. The van der Waals surface area contributed by atoms with E-state index in [0.717, 1.165) is 11.1 Å². The van der Waals surface area contributed by atoms with Gasteiger partial charge in [0.25, 0.3) is 0 Å². The molecule has 1 heterocycles. The first-order valence-electron chi connectivity index (χ1n) is 8.36. The number of nitrogens with one attached hydrogen (secondary N) is 1. The van der Waals surface area contributed by atoms with Crippen LogP contribution in [0.3, 0.4) is 0 Å². The van der Waals surface area contributed by atoms with E-state index in [4.69, 9.17) is 5.73 Å². The molecule has 1 unspecified atom stereocenters. The van der Waals surface area contributed by atoms with Gasteiger partial charge >= 0.3 is 0 Å². The number of ketones is 1. The van der Waals surface area contributed by atoms with Gasteiger partial charge in [0.15, 0.2) is 17.9 Å². The highest BCUT2D eigenvalue weighted by Gasteiger charge is 2.17. The van der Waals surface area contributed by atoms with Crippen molar-refractivity contribution in [2.45, 2.75) is 6.17 Å². The smallest absolute Gasteiger partial charge is 0.202 e. The number of aliphatic imine (C=N–C) groups is 2. The maximum atomic E-state index is 12.9. The van der Waals surface area contributed by atoms with Gasteiger partial charge in [-0.15, -0.1) is 0 Å². The van der Waals surface area contributed by atoms with Gasteiger partial charge in [-0.3, -0.25) is 10.1 Å². The van der Waals surface area contributed by atoms with Gasteiger partial charge in [0, 0.05) is 19.7 Å². The van der Waals surface area contributed by atoms with Gasteiger partial charge in [0.2, 0.25) is 5.96 Å². The van der Waals surface area contributed by atoms with Crippen LogP contribution in [-0.4, -0.2) is 36.7 Å². The maximum absolute atomic E-state index is 12.9. The summed E-state index contributed by atoms with van der Waals surface area (Å²) in [6.07, 6.45) is 2.76. The molecule has 138 valence electrons. The Kier molecular flexibility index (Phi) is 5.30. The average molecular weight is 365 g/mol. The predicted molar refractivity (Wildman–Crippen MR) is 105 cm³/mol. The first-order valence-corrected chi connectivity index (χ1v) is 8.36. The molecule has 1 atom stereocenters. The van der Waals surface area contributed by atoms with Crippen LogP contribution < -0.4 is 11.1 Å². The molecular formula is C20H20FN5O. The quantitative estimate of drug-likeness (QED) is 0.644. The van der Waals surface area contributed by atoms with Crippen LogP contribution in [0.5, 0.6) is 0 Å². The number of hydrogen-bond donors (Lipinski definition) is 2. The van der Waals surface area contributed by atoms with E-state index < -0.39 is 6.17 Å². The van der Waals surface area contributed by atoms with E-state index in [1.165, 1.54) is 30.3 Å². The molecule has 0 amide bonds. The molecule has 0 fully saturated rings. The van der Waals surface area contributed by atoms with Crippen molar-refractivity contribution in [3.05, 3.63) is 77.1 Å². The van der Waals surface area contributed by atoms with Crippen molar-refractivity contribution in [3.8, 4) is 0 Å². The predicted octanol–water partition coefficient (Wildman–Crippen LogP) is 2.56. The molecule has 6 nitrogen and oxygen atoms in total. The molecule has 1 aliphatic heterocycles. The zero-order chi connectivity index (χ0) is 19.4. The Morgan fingerprint density at radius 3 is 2.41 bits per heavy atom. The number of carbonyl (C=O) groups is 1. The number of guanidine groups is 2. The molecule has 1 aliphatic rings. The highest BCUT2D eigenvalue weighted by molar-refractivity contribution is 6.06. The van der Waals surface area contributed by atoms with Crippen LogP contribution in [0.1, 0.15) is 27.7 Å². The van der Waals surface area contributed by atoms with Crippen molar-refractivity contribution in [2.75, 3.05) is 14.1 Å². The van der Waals surface area contributed by atoms with Gasteiger partial charge in [-0.05, 0) is 41.5 Å². The standard InChI is InChI=1S/C20H20FN5O/c1-26(2)20-24-18(23-19(22)25-20)15-6-3-13(4-7-15)5-12-17(27)14-8-10-16(21)11-9-14/h3-12,18H,1-2H3,(H3,22,23,24,25)/b12-5+. The first-order chi connectivity index (χ1) is 12.9. The van der Waals surface area contributed by atoms with Crippen LogP contribution in [0, 0.1) is 5.82 Å². The summed E-state index contributed by atoms with van der Waals surface area (Å²) in [5, 5.41) is 2.91. The number of nitrogens with two attached hydrogens (primary N) is 1. The summed E-state index contributed by atoms with van der Waals surface area (Å²) in [5.74, 6) is 0.399. The van der Waals surface area contributed by atoms with Crippen molar-refractivity contribution in [1.82, 2.24) is 10.2 Å². The molecular weight excluding hydrogens is 345 g/mol. The van der Waals surface area contributed by atoms with Crippen LogP contribution >= 0.6 is 0 Å². The van der Waals surface area contributed by atoms with E-state index in [-0.39, 0.29) is 11.6 Å². The van der Waals surface area contributed by atoms with Crippen LogP contribution in [0.15, 0.2) is 64.6 Å². The van der Waals surface area contributed by atoms with Gasteiger partial charge in [0.05, 0.1) is 0 Å². The van der Waals surface area contributed by atoms with Crippen LogP contribution in [0.4, 0.5) is 4.39 Å². The molecule has 0 saturated heterocycles. The van der Waals surface area contributed by atoms with E-state index in [2.05, 4.69) is 15.3 Å². The fraction of sp³-hybridized carbons (Fsp3) is 0.150. The second kappa shape index (κ2) is 7.82. The summed E-state index contributed by atoms with van der Waals surface area (Å²) in [6, 6.07) is 13.0.